The lowest BCUT2D eigenvalue weighted by atomic mass is 9.98. The summed E-state index contributed by atoms with van der Waals surface area (Å²) in [6.07, 6.45) is 1.08. The van der Waals surface area contributed by atoms with E-state index in [-0.39, 0.29) is 12.1 Å². The molecule has 0 unspecified atom stereocenters. The highest BCUT2D eigenvalue weighted by atomic mass is 16.7. The molecule has 0 saturated carbocycles. The van der Waals surface area contributed by atoms with Crippen LogP contribution in [0.4, 0.5) is 0 Å². The summed E-state index contributed by atoms with van der Waals surface area (Å²) in [5, 5.41) is 2.14. The molecule has 1 saturated heterocycles. The highest BCUT2D eigenvalue weighted by molar-refractivity contribution is 5.24. The second-order valence-corrected chi connectivity index (χ2v) is 6.23. The van der Waals surface area contributed by atoms with Gasteiger partial charge in [-0.25, -0.2) is 0 Å². The average molecular weight is 315 g/mol. The van der Waals surface area contributed by atoms with Gasteiger partial charge in [-0.15, -0.1) is 0 Å². The van der Waals surface area contributed by atoms with Crippen molar-refractivity contribution in [3.05, 3.63) is 108 Å². The van der Waals surface area contributed by atoms with Crippen LogP contribution in [0, 0.1) is 0 Å². The molecule has 2 heteroatoms. The van der Waals surface area contributed by atoms with E-state index in [4.69, 9.17) is 4.84 Å². The third-order valence-electron chi connectivity index (χ3n) is 4.58. The molecule has 2 atom stereocenters. The maximum atomic E-state index is 6.35. The van der Waals surface area contributed by atoms with E-state index in [1.807, 2.05) is 0 Å². The summed E-state index contributed by atoms with van der Waals surface area (Å²) in [5.41, 5.74) is 3.83. The van der Waals surface area contributed by atoms with Crippen LogP contribution in [0.5, 0.6) is 0 Å². The summed E-state index contributed by atoms with van der Waals surface area (Å²) < 4.78 is 0. The van der Waals surface area contributed by atoms with Crippen LogP contribution in [0.15, 0.2) is 91.0 Å². The Hall–Kier alpha value is -2.42. The van der Waals surface area contributed by atoms with Crippen molar-refractivity contribution in [1.82, 2.24) is 5.06 Å². The SMILES string of the molecule is c1ccc(CN2O[C@H](c3ccccc3)C[C@@H]2c2ccccc2)cc1. The van der Waals surface area contributed by atoms with Crippen molar-refractivity contribution in [3.63, 3.8) is 0 Å². The van der Waals surface area contributed by atoms with E-state index >= 15 is 0 Å². The minimum absolute atomic E-state index is 0.111. The highest BCUT2D eigenvalue weighted by Crippen LogP contribution is 2.42. The molecule has 0 amide bonds. The Morgan fingerprint density at radius 3 is 1.88 bits per heavy atom. The molecule has 120 valence electrons. The lowest BCUT2D eigenvalue weighted by Gasteiger charge is -2.23. The molecule has 0 N–H and O–H groups in total. The summed E-state index contributed by atoms with van der Waals surface area (Å²) in [6, 6.07) is 32.0. The summed E-state index contributed by atoms with van der Waals surface area (Å²) >= 11 is 0. The number of hydrogen-bond acceptors (Lipinski definition) is 2. The van der Waals surface area contributed by atoms with E-state index in [2.05, 4.69) is 96.1 Å². The molecule has 1 fully saturated rings. The smallest absolute Gasteiger partial charge is 0.106 e. The fourth-order valence-electron chi connectivity index (χ4n) is 3.35. The van der Waals surface area contributed by atoms with Crippen LogP contribution in [-0.4, -0.2) is 5.06 Å². The van der Waals surface area contributed by atoms with E-state index in [0.29, 0.717) is 0 Å². The van der Waals surface area contributed by atoms with Crippen LogP contribution in [-0.2, 0) is 11.4 Å². The Labute approximate surface area is 143 Å². The lowest BCUT2D eigenvalue weighted by molar-refractivity contribution is -0.172. The Kier molecular flexibility index (Phi) is 4.41. The topological polar surface area (TPSA) is 12.5 Å². The summed E-state index contributed by atoms with van der Waals surface area (Å²) in [7, 11) is 0. The average Bonchev–Trinajstić information content (AvgIpc) is 3.08. The molecule has 2 nitrogen and oxygen atoms in total. The molecule has 1 aliphatic heterocycles. The van der Waals surface area contributed by atoms with Gasteiger partial charge in [0.05, 0.1) is 6.04 Å². The van der Waals surface area contributed by atoms with E-state index in [0.717, 1.165) is 13.0 Å². The molecular formula is C22H21NO. The van der Waals surface area contributed by atoms with Crippen molar-refractivity contribution in [2.75, 3.05) is 0 Å². The highest BCUT2D eigenvalue weighted by Gasteiger charge is 2.35. The number of rotatable bonds is 4. The monoisotopic (exact) mass is 315 g/mol. The van der Waals surface area contributed by atoms with Gasteiger partial charge in [0.1, 0.15) is 6.10 Å². The Balaban J connectivity index is 1.61. The number of benzene rings is 3. The van der Waals surface area contributed by atoms with Crippen molar-refractivity contribution in [1.29, 1.82) is 0 Å². The van der Waals surface area contributed by atoms with Crippen LogP contribution in [0.1, 0.15) is 35.3 Å². The van der Waals surface area contributed by atoms with Crippen molar-refractivity contribution in [3.8, 4) is 0 Å². The Morgan fingerprint density at radius 1 is 0.708 bits per heavy atom. The number of hydrogen-bond donors (Lipinski definition) is 0. The minimum atomic E-state index is 0.111. The van der Waals surface area contributed by atoms with Crippen LogP contribution >= 0.6 is 0 Å². The van der Waals surface area contributed by atoms with Crippen LogP contribution in [0.2, 0.25) is 0 Å². The first kappa shape index (κ1) is 15.1. The zero-order valence-electron chi connectivity index (χ0n) is 13.6. The standard InChI is InChI=1S/C22H21NO/c1-4-10-18(11-5-1)17-23-21(19-12-6-2-7-13-19)16-22(24-23)20-14-8-3-9-15-20/h1-15,21-22H,16-17H2/t21-,22+/m1/s1. The van der Waals surface area contributed by atoms with Gasteiger partial charge < -0.3 is 0 Å². The van der Waals surface area contributed by atoms with Gasteiger partial charge in [-0.1, -0.05) is 91.0 Å². The third-order valence-corrected chi connectivity index (χ3v) is 4.58. The maximum absolute atomic E-state index is 6.35. The van der Waals surface area contributed by atoms with Crippen molar-refractivity contribution in [2.24, 2.45) is 0 Å². The number of nitrogens with zero attached hydrogens (tertiary/aromatic N) is 1. The van der Waals surface area contributed by atoms with E-state index in [1.54, 1.807) is 0 Å². The Morgan fingerprint density at radius 2 is 1.25 bits per heavy atom. The van der Waals surface area contributed by atoms with Gasteiger partial charge >= 0.3 is 0 Å². The molecule has 1 aliphatic rings. The van der Waals surface area contributed by atoms with Gasteiger partial charge in [0.2, 0.25) is 0 Å². The molecule has 4 rings (SSSR count). The third kappa shape index (κ3) is 3.25. The molecular weight excluding hydrogens is 294 g/mol. The summed E-state index contributed by atoms with van der Waals surface area (Å²) in [5.74, 6) is 0. The minimum Gasteiger partial charge on any atom is -0.290 e. The second-order valence-electron chi connectivity index (χ2n) is 6.23. The largest absolute Gasteiger partial charge is 0.290 e. The first-order chi connectivity index (χ1) is 11.9. The zero-order chi connectivity index (χ0) is 16.2. The second kappa shape index (κ2) is 7.00. The first-order valence-electron chi connectivity index (χ1n) is 8.47. The molecule has 3 aromatic rings. The normalized spacial score (nSPS) is 21.0. The molecule has 0 spiro atoms. The van der Waals surface area contributed by atoms with Gasteiger partial charge in [0, 0.05) is 13.0 Å². The number of hydroxylamine groups is 2. The van der Waals surface area contributed by atoms with E-state index < -0.39 is 0 Å². The molecule has 24 heavy (non-hydrogen) atoms. The molecule has 3 aromatic carbocycles. The van der Waals surface area contributed by atoms with Crippen LogP contribution in [0.3, 0.4) is 0 Å². The van der Waals surface area contributed by atoms with Gasteiger partial charge in [0.15, 0.2) is 0 Å². The van der Waals surface area contributed by atoms with Crippen molar-refractivity contribution >= 4 is 0 Å². The zero-order valence-corrected chi connectivity index (χ0v) is 13.6. The summed E-state index contributed by atoms with van der Waals surface area (Å²) in [6.45, 7) is 0.795. The van der Waals surface area contributed by atoms with Gasteiger partial charge in [-0.05, 0) is 16.7 Å². The first-order valence-corrected chi connectivity index (χ1v) is 8.47. The van der Waals surface area contributed by atoms with Gasteiger partial charge in [-0.3, -0.25) is 4.84 Å². The van der Waals surface area contributed by atoms with E-state index in [9.17, 15) is 0 Å². The van der Waals surface area contributed by atoms with Crippen molar-refractivity contribution in [2.45, 2.75) is 25.1 Å². The molecule has 0 bridgehead atoms. The van der Waals surface area contributed by atoms with Crippen LogP contribution in [0.25, 0.3) is 0 Å². The van der Waals surface area contributed by atoms with Gasteiger partial charge in [-0.2, -0.15) is 5.06 Å². The molecule has 1 heterocycles. The molecule has 0 aromatic heterocycles. The maximum Gasteiger partial charge on any atom is 0.106 e. The predicted octanol–water partition coefficient (Wildman–Crippen LogP) is 5.31. The lowest BCUT2D eigenvalue weighted by Crippen LogP contribution is -2.21. The van der Waals surface area contributed by atoms with E-state index in [1.165, 1.54) is 16.7 Å². The van der Waals surface area contributed by atoms with Crippen molar-refractivity contribution < 1.29 is 4.84 Å². The van der Waals surface area contributed by atoms with Gasteiger partial charge in [0.25, 0.3) is 0 Å². The fourth-order valence-corrected chi connectivity index (χ4v) is 3.35. The Bertz CT molecular complexity index is 758. The summed E-state index contributed by atoms with van der Waals surface area (Å²) in [4.78, 5) is 6.35. The van der Waals surface area contributed by atoms with Crippen LogP contribution < -0.4 is 0 Å². The molecule has 0 aliphatic carbocycles. The quantitative estimate of drug-likeness (QED) is 0.647. The predicted molar refractivity (Wildman–Crippen MR) is 96.1 cm³/mol. The molecule has 0 radical (unpaired) electrons. The fraction of sp³-hybridized carbons (Fsp3) is 0.182.